The molecular weight excluding hydrogens is 352 g/mol. The van der Waals surface area contributed by atoms with E-state index in [9.17, 15) is 9.59 Å². The quantitative estimate of drug-likeness (QED) is 0.152. The van der Waals surface area contributed by atoms with Crippen LogP contribution in [0.4, 0.5) is 0 Å². The molecule has 0 aromatic rings. The molecule has 0 rings (SSSR count). The first kappa shape index (κ1) is 26.9. The van der Waals surface area contributed by atoms with Gasteiger partial charge in [-0.25, -0.2) is 0 Å². The van der Waals surface area contributed by atoms with Gasteiger partial charge in [-0.2, -0.15) is 0 Å². The van der Waals surface area contributed by atoms with Crippen LogP contribution in [0.3, 0.4) is 0 Å². The van der Waals surface area contributed by atoms with Crippen molar-refractivity contribution in [2.75, 3.05) is 13.2 Å². The Morgan fingerprint density at radius 2 is 0.893 bits per heavy atom. The van der Waals surface area contributed by atoms with Crippen molar-refractivity contribution < 1.29 is 19.1 Å². The molecule has 0 aromatic heterocycles. The summed E-state index contributed by atoms with van der Waals surface area (Å²) in [5.41, 5.74) is 0. The van der Waals surface area contributed by atoms with Gasteiger partial charge < -0.3 is 9.47 Å². The van der Waals surface area contributed by atoms with Crippen molar-refractivity contribution in [3.05, 3.63) is 0 Å². The van der Waals surface area contributed by atoms with E-state index in [1.54, 1.807) is 6.92 Å². The van der Waals surface area contributed by atoms with Gasteiger partial charge in [-0.1, -0.05) is 96.8 Å². The van der Waals surface area contributed by atoms with E-state index in [-0.39, 0.29) is 11.9 Å². The smallest absolute Gasteiger partial charge is 0.305 e. The molecule has 4 nitrogen and oxygen atoms in total. The number of rotatable bonds is 21. The van der Waals surface area contributed by atoms with Gasteiger partial charge in [0.15, 0.2) is 0 Å². The first-order chi connectivity index (χ1) is 13.7. The summed E-state index contributed by atoms with van der Waals surface area (Å²) in [5, 5.41) is 0. The molecule has 0 spiro atoms. The Labute approximate surface area is 174 Å². The first-order valence-electron chi connectivity index (χ1n) is 12.0. The van der Waals surface area contributed by atoms with Gasteiger partial charge >= 0.3 is 11.9 Å². The van der Waals surface area contributed by atoms with Crippen LogP contribution in [0, 0.1) is 0 Å². The fourth-order valence-corrected chi connectivity index (χ4v) is 3.34. The molecule has 0 fully saturated rings. The number of hydrogen-bond donors (Lipinski definition) is 0. The Morgan fingerprint density at radius 1 is 0.500 bits per heavy atom. The summed E-state index contributed by atoms with van der Waals surface area (Å²) < 4.78 is 10.0. The highest BCUT2D eigenvalue weighted by Gasteiger charge is 2.06. The summed E-state index contributed by atoms with van der Waals surface area (Å²) in [4.78, 5) is 22.7. The molecule has 0 aliphatic heterocycles. The Kier molecular flexibility index (Phi) is 21.4. The molecule has 0 atom stereocenters. The lowest BCUT2D eigenvalue weighted by Crippen LogP contribution is -2.08. The largest absolute Gasteiger partial charge is 0.466 e. The van der Waals surface area contributed by atoms with Gasteiger partial charge in [0.1, 0.15) is 0 Å². The van der Waals surface area contributed by atoms with Gasteiger partial charge in [0.25, 0.3) is 0 Å². The van der Waals surface area contributed by atoms with Crippen LogP contribution in [0.1, 0.15) is 129 Å². The van der Waals surface area contributed by atoms with E-state index in [1.807, 2.05) is 0 Å². The number of hydrogen-bond acceptors (Lipinski definition) is 4. The third kappa shape index (κ3) is 21.2. The molecule has 0 aliphatic rings. The van der Waals surface area contributed by atoms with Crippen LogP contribution in [0.25, 0.3) is 0 Å². The van der Waals surface area contributed by atoms with Crippen molar-refractivity contribution in [3.63, 3.8) is 0 Å². The lowest BCUT2D eigenvalue weighted by molar-refractivity contribution is -0.145. The monoisotopic (exact) mass is 398 g/mol. The molecule has 0 saturated heterocycles. The minimum Gasteiger partial charge on any atom is -0.466 e. The maximum absolute atomic E-state index is 11.6. The average Bonchev–Trinajstić information content (AvgIpc) is 2.68. The minimum atomic E-state index is -0.238. The molecule has 166 valence electrons. The third-order valence-electron chi connectivity index (χ3n) is 5.08. The zero-order chi connectivity index (χ0) is 20.7. The van der Waals surface area contributed by atoms with E-state index >= 15 is 0 Å². The SMILES string of the molecule is CCCCCCCCCCCCCCCCCOC(=O)CCCC(=O)OCC. The number of esters is 2. The first-order valence-corrected chi connectivity index (χ1v) is 12.0. The van der Waals surface area contributed by atoms with E-state index in [0.29, 0.717) is 32.5 Å². The Hall–Kier alpha value is -1.06. The van der Waals surface area contributed by atoms with E-state index in [4.69, 9.17) is 9.47 Å². The molecule has 4 heteroatoms. The molecule has 0 saturated carbocycles. The summed E-state index contributed by atoms with van der Waals surface area (Å²) in [6.07, 6.45) is 21.1. The number of carbonyl (C=O) groups is 2. The van der Waals surface area contributed by atoms with Crippen LogP contribution in [0.5, 0.6) is 0 Å². The van der Waals surface area contributed by atoms with Crippen molar-refractivity contribution in [3.8, 4) is 0 Å². The zero-order valence-electron chi connectivity index (χ0n) is 18.8. The maximum atomic E-state index is 11.6. The fourth-order valence-electron chi connectivity index (χ4n) is 3.34. The minimum absolute atomic E-state index is 0.199. The molecule has 0 unspecified atom stereocenters. The standard InChI is InChI=1S/C24H46O4/c1-3-5-6-7-8-9-10-11-12-13-14-15-16-17-18-22-28-24(26)21-19-20-23(25)27-4-2/h3-22H2,1-2H3. The van der Waals surface area contributed by atoms with Crippen LogP contribution in [0.15, 0.2) is 0 Å². The van der Waals surface area contributed by atoms with E-state index in [1.165, 1.54) is 83.5 Å². The van der Waals surface area contributed by atoms with Crippen molar-refractivity contribution in [2.45, 2.75) is 129 Å². The molecule has 0 aliphatic carbocycles. The molecule has 0 heterocycles. The summed E-state index contributed by atoms with van der Waals surface area (Å²) in [5.74, 6) is -0.438. The predicted octanol–water partition coefficient (Wildman–Crippen LogP) is 7.13. The molecule has 0 radical (unpaired) electrons. The van der Waals surface area contributed by atoms with Crippen molar-refractivity contribution in [1.29, 1.82) is 0 Å². The predicted molar refractivity (Wildman–Crippen MR) is 116 cm³/mol. The summed E-state index contributed by atoms with van der Waals surface area (Å²) in [6.45, 7) is 4.95. The Bertz CT molecular complexity index is 355. The topological polar surface area (TPSA) is 52.6 Å². The second-order valence-corrected chi connectivity index (χ2v) is 7.83. The normalized spacial score (nSPS) is 10.8. The van der Waals surface area contributed by atoms with Crippen LogP contribution in [-0.2, 0) is 19.1 Å². The highest BCUT2D eigenvalue weighted by molar-refractivity contribution is 5.72. The molecule has 0 N–H and O–H groups in total. The van der Waals surface area contributed by atoms with E-state index in [0.717, 1.165) is 12.8 Å². The Balaban J connectivity index is 3.17. The number of unbranched alkanes of at least 4 members (excludes halogenated alkanes) is 14. The summed E-state index contributed by atoms with van der Waals surface area (Å²) in [7, 11) is 0. The molecule has 28 heavy (non-hydrogen) atoms. The van der Waals surface area contributed by atoms with E-state index < -0.39 is 0 Å². The second kappa shape index (κ2) is 22.2. The molecule has 0 amide bonds. The third-order valence-corrected chi connectivity index (χ3v) is 5.08. The number of carbonyl (C=O) groups excluding carboxylic acids is 2. The highest BCUT2D eigenvalue weighted by Crippen LogP contribution is 2.13. The van der Waals surface area contributed by atoms with Gasteiger partial charge in [0.2, 0.25) is 0 Å². The second-order valence-electron chi connectivity index (χ2n) is 7.83. The van der Waals surface area contributed by atoms with Gasteiger partial charge in [0, 0.05) is 12.8 Å². The summed E-state index contributed by atoms with van der Waals surface area (Å²) >= 11 is 0. The van der Waals surface area contributed by atoms with Gasteiger partial charge in [-0.15, -0.1) is 0 Å². The van der Waals surface area contributed by atoms with Gasteiger partial charge in [-0.3, -0.25) is 9.59 Å². The van der Waals surface area contributed by atoms with Crippen LogP contribution < -0.4 is 0 Å². The molecule has 0 aromatic carbocycles. The Morgan fingerprint density at radius 3 is 1.32 bits per heavy atom. The van der Waals surface area contributed by atoms with Gasteiger partial charge in [-0.05, 0) is 19.8 Å². The van der Waals surface area contributed by atoms with E-state index in [2.05, 4.69) is 6.92 Å². The van der Waals surface area contributed by atoms with Gasteiger partial charge in [0.05, 0.1) is 13.2 Å². The van der Waals surface area contributed by atoms with Crippen LogP contribution in [-0.4, -0.2) is 25.2 Å². The summed E-state index contributed by atoms with van der Waals surface area (Å²) in [6, 6.07) is 0. The lowest BCUT2D eigenvalue weighted by atomic mass is 10.0. The van der Waals surface area contributed by atoms with Crippen molar-refractivity contribution >= 4 is 11.9 Å². The number of ether oxygens (including phenoxy) is 2. The zero-order valence-corrected chi connectivity index (χ0v) is 18.8. The van der Waals surface area contributed by atoms with Crippen LogP contribution >= 0.6 is 0 Å². The lowest BCUT2D eigenvalue weighted by Gasteiger charge is -2.05. The average molecular weight is 399 g/mol. The highest BCUT2D eigenvalue weighted by atomic mass is 16.5. The molecule has 0 bridgehead atoms. The molecular formula is C24H46O4. The van der Waals surface area contributed by atoms with Crippen LogP contribution in [0.2, 0.25) is 0 Å². The maximum Gasteiger partial charge on any atom is 0.305 e. The van der Waals surface area contributed by atoms with Crippen molar-refractivity contribution in [1.82, 2.24) is 0 Å². The van der Waals surface area contributed by atoms with Crippen molar-refractivity contribution in [2.24, 2.45) is 0 Å². The fraction of sp³-hybridized carbons (Fsp3) is 0.917.